The molecule has 0 spiro atoms. The minimum atomic E-state index is -1.41. The molecule has 4 saturated heterocycles. The first-order valence-electron chi connectivity index (χ1n) is 8.95. The summed E-state index contributed by atoms with van der Waals surface area (Å²) in [6.07, 6.45) is -0.144. The fraction of sp³-hybridized carbons (Fsp3) is 0.389. The van der Waals surface area contributed by atoms with Crippen LogP contribution in [-0.2, 0) is 4.79 Å². The number of carboxylic acids is 1. The van der Waals surface area contributed by atoms with Gasteiger partial charge in [0.15, 0.2) is 6.10 Å². The van der Waals surface area contributed by atoms with Crippen LogP contribution in [0, 0.1) is 10.1 Å². The van der Waals surface area contributed by atoms with Gasteiger partial charge in [0.2, 0.25) is 0 Å². The van der Waals surface area contributed by atoms with Gasteiger partial charge in [0.05, 0.1) is 52.3 Å². The third-order valence-corrected chi connectivity index (χ3v) is 4.44. The van der Waals surface area contributed by atoms with Gasteiger partial charge in [0.1, 0.15) is 4.92 Å². The molecule has 6 rings (SSSR count). The molecule has 0 amide bonds. The lowest BCUT2D eigenvalue weighted by Crippen LogP contribution is -2.71. The number of hydrogen-bond acceptors (Lipinski definition) is 9. The zero-order valence-electron chi connectivity index (χ0n) is 15.7. The van der Waals surface area contributed by atoms with Crippen LogP contribution in [0.2, 0.25) is 0 Å². The van der Waals surface area contributed by atoms with E-state index < -0.39 is 17.0 Å². The number of benzene rings is 1. The number of rotatable bonds is 3. The molecular formula is C18H23N5O6. The van der Waals surface area contributed by atoms with E-state index in [0.717, 1.165) is 0 Å². The molecule has 4 fully saturated rings. The number of carbonyl (C=O) groups is 1. The number of hydrogen-bond donors (Lipinski definition) is 2. The highest BCUT2D eigenvalue weighted by Gasteiger charge is 2.36. The molecule has 1 aromatic carbocycles. The first-order chi connectivity index (χ1) is 13.9. The maximum Gasteiger partial charge on any atom is 0.432 e. The SMILES string of the molecule is C1N2CN3CN1CN(C2)C3.O=C(O)C(O)c1ccccc1.O=[N+]([O-])c1ccco1. The molecule has 4 aliphatic rings. The molecule has 1 atom stereocenters. The van der Waals surface area contributed by atoms with E-state index in [1.807, 2.05) is 0 Å². The average molecular weight is 405 g/mol. The fourth-order valence-corrected chi connectivity index (χ4v) is 3.39. The predicted molar refractivity (Wildman–Crippen MR) is 101 cm³/mol. The van der Waals surface area contributed by atoms with Gasteiger partial charge in [0.25, 0.3) is 0 Å². The van der Waals surface area contributed by atoms with E-state index in [0.29, 0.717) is 5.56 Å². The van der Waals surface area contributed by atoms with E-state index in [4.69, 9.17) is 10.2 Å². The van der Waals surface area contributed by atoms with Crippen molar-refractivity contribution < 1.29 is 24.3 Å². The summed E-state index contributed by atoms with van der Waals surface area (Å²) in [5.41, 5.74) is 0.403. The van der Waals surface area contributed by atoms with Crippen LogP contribution in [-0.4, -0.2) is 80.7 Å². The zero-order valence-corrected chi connectivity index (χ0v) is 15.7. The van der Waals surface area contributed by atoms with Crippen LogP contribution in [0.5, 0.6) is 0 Å². The zero-order chi connectivity index (χ0) is 20.8. The van der Waals surface area contributed by atoms with Crippen molar-refractivity contribution in [2.75, 3.05) is 40.0 Å². The number of aliphatic hydroxyl groups excluding tert-OH is 1. The monoisotopic (exact) mass is 405 g/mol. The molecule has 4 aliphatic heterocycles. The molecule has 1 aromatic heterocycles. The summed E-state index contributed by atoms with van der Waals surface area (Å²) in [6.45, 7) is 7.12. The smallest absolute Gasteiger partial charge is 0.432 e. The predicted octanol–water partition coefficient (Wildman–Crippen LogP) is 0.973. The molecule has 2 aromatic rings. The van der Waals surface area contributed by atoms with Crippen LogP contribution in [0.25, 0.3) is 0 Å². The Balaban J connectivity index is 0.000000126. The van der Waals surface area contributed by atoms with Gasteiger partial charge in [-0.15, -0.1) is 0 Å². The molecule has 11 nitrogen and oxygen atoms in total. The van der Waals surface area contributed by atoms with Crippen molar-refractivity contribution in [3.05, 3.63) is 64.4 Å². The van der Waals surface area contributed by atoms with Crippen LogP contribution >= 0.6 is 0 Å². The van der Waals surface area contributed by atoms with E-state index in [-0.39, 0.29) is 5.88 Å². The van der Waals surface area contributed by atoms with Gasteiger partial charge in [-0.05, 0) is 11.6 Å². The highest BCUT2D eigenvalue weighted by Crippen LogP contribution is 2.20. The van der Waals surface area contributed by atoms with Gasteiger partial charge >= 0.3 is 11.9 Å². The first kappa shape index (κ1) is 20.9. The molecule has 5 heterocycles. The Bertz CT molecular complexity index is 744. The Morgan fingerprint density at radius 2 is 1.41 bits per heavy atom. The van der Waals surface area contributed by atoms with Gasteiger partial charge < -0.3 is 14.6 Å². The number of aliphatic carboxylic acids is 1. The van der Waals surface area contributed by atoms with Crippen molar-refractivity contribution in [3.8, 4) is 0 Å². The number of nitrogens with zero attached hydrogens (tertiary/aromatic N) is 5. The molecule has 0 aliphatic carbocycles. The van der Waals surface area contributed by atoms with Crippen molar-refractivity contribution in [1.82, 2.24) is 19.6 Å². The highest BCUT2D eigenvalue weighted by molar-refractivity contribution is 5.73. The number of carboxylic acid groups (broad SMARTS) is 1. The van der Waals surface area contributed by atoms with Gasteiger partial charge in [-0.2, -0.15) is 0 Å². The second-order valence-electron chi connectivity index (χ2n) is 6.89. The summed E-state index contributed by atoms with van der Waals surface area (Å²) >= 11 is 0. The lowest BCUT2D eigenvalue weighted by Gasteiger charge is -2.56. The Morgan fingerprint density at radius 1 is 0.931 bits per heavy atom. The lowest BCUT2D eigenvalue weighted by atomic mass is 10.1. The van der Waals surface area contributed by atoms with E-state index in [1.165, 1.54) is 58.4 Å². The molecule has 29 heavy (non-hydrogen) atoms. The Morgan fingerprint density at radius 3 is 1.72 bits per heavy atom. The van der Waals surface area contributed by atoms with E-state index in [9.17, 15) is 14.9 Å². The Hall–Kier alpha value is -2.83. The third-order valence-electron chi connectivity index (χ3n) is 4.44. The topological polar surface area (TPSA) is 127 Å². The molecule has 156 valence electrons. The fourth-order valence-electron chi connectivity index (χ4n) is 3.39. The van der Waals surface area contributed by atoms with Crippen LogP contribution in [0.1, 0.15) is 11.7 Å². The average Bonchev–Trinajstić information content (AvgIpc) is 3.23. The minimum absolute atomic E-state index is 0.218. The Kier molecular flexibility index (Phi) is 6.90. The van der Waals surface area contributed by atoms with Crippen LogP contribution in [0.4, 0.5) is 5.88 Å². The highest BCUT2D eigenvalue weighted by atomic mass is 16.6. The van der Waals surface area contributed by atoms with Gasteiger partial charge in [-0.1, -0.05) is 30.3 Å². The number of nitro groups is 1. The van der Waals surface area contributed by atoms with Crippen molar-refractivity contribution in [2.24, 2.45) is 0 Å². The summed E-state index contributed by atoms with van der Waals surface area (Å²) in [5, 5.41) is 27.2. The van der Waals surface area contributed by atoms with Crippen LogP contribution in [0.3, 0.4) is 0 Å². The first-order valence-corrected chi connectivity index (χ1v) is 8.95. The van der Waals surface area contributed by atoms with Gasteiger partial charge in [0, 0.05) is 0 Å². The molecule has 4 bridgehead atoms. The number of furan rings is 1. The summed E-state index contributed by atoms with van der Waals surface area (Å²) in [7, 11) is 0. The molecule has 0 radical (unpaired) electrons. The summed E-state index contributed by atoms with van der Waals surface area (Å²) in [6, 6.07) is 11.0. The minimum Gasteiger partial charge on any atom is -0.479 e. The lowest BCUT2D eigenvalue weighted by molar-refractivity contribution is -0.402. The Labute approximate surface area is 167 Å². The summed E-state index contributed by atoms with van der Waals surface area (Å²) < 4.78 is 4.40. The third kappa shape index (κ3) is 5.82. The molecule has 2 N–H and O–H groups in total. The molecule has 11 heteroatoms. The normalized spacial score (nSPS) is 27.1. The maximum atomic E-state index is 10.2. The quantitative estimate of drug-likeness (QED) is 0.563. The van der Waals surface area contributed by atoms with Crippen molar-refractivity contribution in [3.63, 3.8) is 0 Å². The molecule has 1 unspecified atom stereocenters. The second kappa shape index (κ2) is 9.58. The largest absolute Gasteiger partial charge is 0.479 e. The summed E-state index contributed by atoms with van der Waals surface area (Å²) in [5.74, 6) is -1.44. The van der Waals surface area contributed by atoms with E-state index in [1.54, 1.807) is 30.3 Å². The van der Waals surface area contributed by atoms with Crippen molar-refractivity contribution >= 4 is 11.9 Å². The van der Waals surface area contributed by atoms with Crippen molar-refractivity contribution in [2.45, 2.75) is 6.10 Å². The molecule has 0 saturated carbocycles. The molecular weight excluding hydrogens is 382 g/mol. The van der Waals surface area contributed by atoms with E-state index in [2.05, 4.69) is 24.0 Å². The van der Waals surface area contributed by atoms with E-state index >= 15 is 0 Å². The van der Waals surface area contributed by atoms with Crippen LogP contribution < -0.4 is 0 Å². The van der Waals surface area contributed by atoms with Crippen molar-refractivity contribution in [1.29, 1.82) is 0 Å². The second-order valence-corrected chi connectivity index (χ2v) is 6.89. The van der Waals surface area contributed by atoms with Crippen LogP contribution in [0.15, 0.2) is 53.1 Å². The maximum absolute atomic E-state index is 10.2. The number of aliphatic hydroxyl groups is 1. The summed E-state index contributed by atoms with van der Waals surface area (Å²) in [4.78, 5) is 29.3. The van der Waals surface area contributed by atoms with Gasteiger partial charge in [-0.3, -0.25) is 29.7 Å². The standard InChI is InChI=1S/C8H8O3.C6H12N4.C4H3NO3/c9-7(8(10)11)6-4-2-1-3-5-6;1-7-2-9-4-8(1)5-10(3-7)6-9;6-5(7)4-2-1-3-8-4/h1-5,7,9H,(H,10,11);1-6H2;1-3H. The van der Waals surface area contributed by atoms with Gasteiger partial charge in [-0.25, -0.2) is 4.79 Å².